The van der Waals surface area contributed by atoms with Crippen molar-refractivity contribution < 1.29 is 28.3 Å². The van der Waals surface area contributed by atoms with Crippen LogP contribution in [-0.4, -0.2) is 43.4 Å². The molecule has 3 rings (SSSR count). The Bertz CT molecular complexity index is 846. The Kier molecular flexibility index (Phi) is 6.06. The number of amides is 1. The maximum atomic E-state index is 12.2. The maximum absolute atomic E-state index is 12.2. The topological polar surface area (TPSA) is 75.3 Å². The highest BCUT2D eigenvalue weighted by molar-refractivity contribution is 6.56. The van der Waals surface area contributed by atoms with Gasteiger partial charge in [0.15, 0.2) is 11.5 Å². The lowest BCUT2D eigenvalue weighted by molar-refractivity contribution is 0.00578. The molecule has 1 saturated heterocycles. The molecule has 0 unspecified atom stereocenters. The maximum Gasteiger partial charge on any atom is 0.492 e. The van der Waals surface area contributed by atoms with Crippen LogP contribution in [0.5, 0.6) is 11.5 Å². The Morgan fingerprint density at radius 1 is 1.17 bits per heavy atom. The Labute approximate surface area is 183 Å². The van der Waals surface area contributed by atoms with Crippen molar-refractivity contribution >= 4 is 30.9 Å². The summed E-state index contributed by atoms with van der Waals surface area (Å²) in [4.78, 5) is 12.2. The lowest BCUT2D eigenvalue weighted by atomic mass is 9.77. The average molecular weight is 438 g/mol. The number of alkyl carbamates (subject to hydrolysis) is 1. The quantitative estimate of drug-likeness (QED) is 0.693. The first-order chi connectivity index (χ1) is 13.8. The minimum absolute atomic E-state index is 0.156. The fourth-order valence-electron chi connectivity index (χ4n) is 2.93. The highest BCUT2D eigenvalue weighted by atomic mass is 35.5. The van der Waals surface area contributed by atoms with Crippen LogP contribution in [0.3, 0.4) is 0 Å². The summed E-state index contributed by atoms with van der Waals surface area (Å²) in [6.07, 6.45) is 1.31. The van der Waals surface area contributed by atoms with Gasteiger partial charge in [0.1, 0.15) is 5.60 Å². The molecule has 1 N–H and O–H groups in total. The zero-order valence-corrected chi connectivity index (χ0v) is 19.3. The summed E-state index contributed by atoms with van der Waals surface area (Å²) in [5, 5.41) is 3.27. The van der Waals surface area contributed by atoms with Gasteiger partial charge in [0, 0.05) is 12.6 Å². The van der Waals surface area contributed by atoms with E-state index in [2.05, 4.69) is 5.32 Å². The van der Waals surface area contributed by atoms with Crippen LogP contribution in [0, 0.1) is 0 Å². The molecule has 1 aromatic rings. The third-order valence-corrected chi connectivity index (χ3v) is 5.55. The summed E-state index contributed by atoms with van der Waals surface area (Å²) < 4.78 is 28.5. The third kappa shape index (κ3) is 5.05. The number of fused-ring (bicyclic) bond motifs is 1. The molecule has 0 saturated carbocycles. The first-order valence-corrected chi connectivity index (χ1v) is 10.3. The Morgan fingerprint density at radius 3 is 2.30 bits per heavy atom. The molecule has 1 amide bonds. The van der Waals surface area contributed by atoms with Crippen molar-refractivity contribution in [3.8, 4) is 11.5 Å². The smallest absolute Gasteiger partial charge is 0.454 e. The van der Waals surface area contributed by atoms with Gasteiger partial charge in [0.05, 0.1) is 16.2 Å². The fourth-order valence-corrected chi connectivity index (χ4v) is 3.14. The van der Waals surface area contributed by atoms with Crippen molar-refractivity contribution in [3.05, 3.63) is 28.2 Å². The largest absolute Gasteiger partial charge is 0.492 e. The standard InChI is InChI=1S/C21H29BClNO6/c1-19(2,3)28-18(25)24-11-14(22-29-20(4,5)21(6,7)30-22)8-13-9-16-17(10-15(13)23)27-12-26-16/h8-10H,11-12H2,1-7H3,(H,24,25). The molecule has 0 aromatic heterocycles. The van der Waals surface area contributed by atoms with Crippen LogP contribution in [0.2, 0.25) is 5.02 Å². The summed E-state index contributed by atoms with van der Waals surface area (Å²) in [5.74, 6) is 1.21. The van der Waals surface area contributed by atoms with E-state index in [-0.39, 0.29) is 13.3 Å². The molecular formula is C21H29BClNO6. The summed E-state index contributed by atoms with van der Waals surface area (Å²) in [7, 11) is -0.661. The molecule has 1 aromatic carbocycles. The SMILES string of the molecule is CC(C)(C)OC(=O)NCC(=Cc1cc2c(cc1Cl)OCO2)B1OC(C)(C)C(C)(C)O1. The number of carbonyl (C=O) groups is 1. The second kappa shape index (κ2) is 7.98. The van der Waals surface area contributed by atoms with Crippen LogP contribution >= 0.6 is 11.6 Å². The molecule has 2 heterocycles. The molecule has 0 aliphatic carbocycles. The van der Waals surface area contributed by atoms with E-state index in [1.807, 2.05) is 54.5 Å². The lowest BCUT2D eigenvalue weighted by Crippen LogP contribution is -2.41. The van der Waals surface area contributed by atoms with Gasteiger partial charge in [-0.2, -0.15) is 0 Å². The average Bonchev–Trinajstić information content (AvgIpc) is 3.10. The van der Waals surface area contributed by atoms with E-state index in [1.165, 1.54) is 0 Å². The second-order valence-electron chi connectivity index (χ2n) is 9.39. The highest BCUT2D eigenvalue weighted by Crippen LogP contribution is 2.40. The number of halogens is 1. The zero-order chi connectivity index (χ0) is 22.3. The molecule has 7 nitrogen and oxygen atoms in total. The number of rotatable bonds is 4. The number of carbonyl (C=O) groups excluding carboxylic acids is 1. The van der Waals surface area contributed by atoms with Crippen LogP contribution in [0.1, 0.15) is 54.0 Å². The highest BCUT2D eigenvalue weighted by Gasteiger charge is 2.52. The van der Waals surface area contributed by atoms with Crippen LogP contribution < -0.4 is 14.8 Å². The van der Waals surface area contributed by atoms with Gasteiger partial charge in [-0.15, -0.1) is 0 Å². The van der Waals surface area contributed by atoms with Crippen molar-refractivity contribution in [2.75, 3.05) is 13.3 Å². The molecule has 164 valence electrons. The van der Waals surface area contributed by atoms with Gasteiger partial charge >= 0.3 is 13.2 Å². The molecule has 1 fully saturated rings. The van der Waals surface area contributed by atoms with E-state index in [0.717, 1.165) is 0 Å². The summed E-state index contributed by atoms with van der Waals surface area (Å²) >= 11 is 6.45. The van der Waals surface area contributed by atoms with E-state index in [4.69, 9.17) is 35.1 Å². The molecule has 2 aliphatic heterocycles. The van der Waals surface area contributed by atoms with Gasteiger partial charge in [-0.05, 0) is 65.6 Å². The Hall–Kier alpha value is -1.90. The summed E-state index contributed by atoms with van der Waals surface area (Å²) in [5.41, 5.74) is -0.251. The Balaban J connectivity index is 1.88. The van der Waals surface area contributed by atoms with Gasteiger partial charge in [-0.3, -0.25) is 0 Å². The van der Waals surface area contributed by atoms with E-state index in [0.29, 0.717) is 27.6 Å². The lowest BCUT2D eigenvalue weighted by Gasteiger charge is -2.32. The van der Waals surface area contributed by atoms with Crippen molar-refractivity contribution in [2.45, 2.75) is 65.3 Å². The monoisotopic (exact) mass is 437 g/mol. The van der Waals surface area contributed by atoms with E-state index in [9.17, 15) is 4.79 Å². The molecule has 2 aliphatic rings. The number of benzene rings is 1. The van der Waals surface area contributed by atoms with E-state index < -0.39 is 30.0 Å². The van der Waals surface area contributed by atoms with Crippen LogP contribution in [0.25, 0.3) is 6.08 Å². The fraction of sp³-hybridized carbons (Fsp3) is 0.571. The predicted molar refractivity (Wildman–Crippen MR) is 116 cm³/mol. The Morgan fingerprint density at radius 2 is 1.73 bits per heavy atom. The number of hydrogen-bond donors (Lipinski definition) is 1. The van der Waals surface area contributed by atoms with E-state index in [1.54, 1.807) is 12.1 Å². The van der Waals surface area contributed by atoms with Gasteiger partial charge in [-0.1, -0.05) is 17.7 Å². The summed E-state index contributed by atoms with van der Waals surface area (Å²) in [6, 6.07) is 3.50. The van der Waals surface area contributed by atoms with Crippen LogP contribution in [0.15, 0.2) is 17.6 Å². The second-order valence-corrected chi connectivity index (χ2v) is 9.80. The number of nitrogens with one attached hydrogen (secondary N) is 1. The zero-order valence-electron chi connectivity index (χ0n) is 18.6. The minimum Gasteiger partial charge on any atom is -0.454 e. The molecule has 0 radical (unpaired) electrons. The predicted octanol–water partition coefficient (Wildman–Crippen LogP) is 4.61. The van der Waals surface area contributed by atoms with Crippen molar-refractivity contribution in [1.82, 2.24) is 5.32 Å². The van der Waals surface area contributed by atoms with Crippen LogP contribution in [0.4, 0.5) is 4.79 Å². The summed E-state index contributed by atoms with van der Waals surface area (Å²) in [6.45, 7) is 13.6. The molecule has 0 spiro atoms. The normalized spacial score (nSPS) is 19.7. The first-order valence-electron chi connectivity index (χ1n) is 9.89. The van der Waals surface area contributed by atoms with Crippen molar-refractivity contribution in [2.24, 2.45) is 0 Å². The number of ether oxygens (including phenoxy) is 3. The van der Waals surface area contributed by atoms with Gasteiger partial charge < -0.3 is 28.8 Å². The molecule has 0 atom stereocenters. The number of hydrogen-bond acceptors (Lipinski definition) is 6. The van der Waals surface area contributed by atoms with Gasteiger partial charge in [0.2, 0.25) is 6.79 Å². The van der Waals surface area contributed by atoms with E-state index >= 15 is 0 Å². The van der Waals surface area contributed by atoms with Crippen molar-refractivity contribution in [1.29, 1.82) is 0 Å². The molecular weight excluding hydrogens is 408 g/mol. The third-order valence-electron chi connectivity index (χ3n) is 5.22. The van der Waals surface area contributed by atoms with Crippen LogP contribution in [-0.2, 0) is 14.0 Å². The molecule has 30 heavy (non-hydrogen) atoms. The van der Waals surface area contributed by atoms with Gasteiger partial charge in [-0.25, -0.2) is 4.79 Å². The van der Waals surface area contributed by atoms with Crippen molar-refractivity contribution in [3.63, 3.8) is 0 Å². The van der Waals surface area contributed by atoms with Gasteiger partial charge in [0.25, 0.3) is 0 Å². The molecule has 9 heteroatoms. The minimum atomic E-state index is -0.661. The molecule has 0 bridgehead atoms. The first kappa shape index (κ1) is 22.8.